The van der Waals surface area contributed by atoms with Crippen LogP contribution in [0.25, 0.3) is 0 Å². The predicted molar refractivity (Wildman–Crippen MR) is 124 cm³/mol. The third-order valence-corrected chi connectivity index (χ3v) is 5.56. The average Bonchev–Trinajstić information content (AvgIpc) is 2.80. The molecular formula is C22H28N4O7P+. The van der Waals surface area contributed by atoms with Crippen LogP contribution in [-0.4, -0.2) is 28.7 Å². The molecule has 3 unspecified atom stereocenters. The molecule has 0 radical (unpaired) electrons. The average molecular weight is 491 g/mol. The number of carboxylic acids is 1. The highest BCUT2D eigenvalue weighted by molar-refractivity contribution is 7.33. The summed E-state index contributed by atoms with van der Waals surface area (Å²) in [5.74, 6) is -3.20. The first-order valence-corrected chi connectivity index (χ1v) is 11.3. The van der Waals surface area contributed by atoms with Crippen molar-refractivity contribution in [2.45, 2.75) is 38.8 Å². The Hall–Kier alpha value is -3.37. The number of carbonyl (C=O) groups is 2. The fourth-order valence-corrected chi connectivity index (χ4v) is 3.69. The number of hydrogen-bond acceptors (Lipinski definition) is 8. The molecule has 0 aliphatic rings. The summed E-state index contributed by atoms with van der Waals surface area (Å²) in [6, 6.07) is 15.1. The van der Waals surface area contributed by atoms with Gasteiger partial charge in [0.15, 0.2) is 5.96 Å². The van der Waals surface area contributed by atoms with Gasteiger partial charge in [0.1, 0.15) is 6.61 Å². The van der Waals surface area contributed by atoms with Crippen LogP contribution in [0, 0.1) is 5.92 Å². The zero-order valence-corrected chi connectivity index (χ0v) is 19.7. The molecule has 0 aliphatic carbocycles. The van der Waals surface area contributed by atoms with E-state index in [2.05, 4.69) is 4.99 Å². The van der Waals surface area contributed by atoms with Crippen LogP contribution in [0.2, 0.25) is 0 Å². The molecule has 2 aromatic carbocycles. The smallest absolute Gasteiger partial charge is 0.479 e. The van der Waals surface area contributed by atoms with Crippen LogP contribution in [0.5, 0.6) is 0 Å². The maximum atomic E-state index is 12.7. The molecule has 0 bridgehead atoms. The van der Waals surface area contributed by atoms with Gasteiger partial charge >= 0.3 is 20.2 Å². The number of carboxylic acid groups (broad SMARTS) is 1. The molecule has 34 heavy (non-hydrogen) atoms. The summed E-state index contributed by atoms with van der Waals surface area (Å²) in [6.45, 7) is 3.16. The SMILES string of the molecule is CC(C)C(N)(O[P+](=O)OC(C(=O)O)c1cccc(CN=C(N)N)c1)C(=O)OCc1ccccc1. The van der Waals surface area contributed by atoms with Crippen molar-refractivity contribution in [2.24, 2.45) is 28.1 Å². The molecular weight excluding hydrogens is 463 g/mol. The van der Waals surface area contributed by atoms with Crippen molar-refractivity contribution in [1.29, 1.82) is 0 Å². The van der Waals surface area contributed by atoms with E-state index in [-0.39, 0.29) is 24.7 Å². The third kappa shape index (κ3) is 7.60. The van der Waals surface area contributed by atoms with Crippen molar-refractivity contribution in [3.8, 4) is 0 Å². The molecule has 3 atom stereocenters. The number of ether oxygens (including phenoxy) is 1. The molecule has 0 saturated heterocycles. The van der Waals surface area contributed by atoms with Crippen LogP contribution in [-0.2, 0) is 41.1 Å². The fraction of sp³-hybridized carbons (Fsp3) is 0.318. The van der Waals surface area contributed by atoms with Crippen molar-refractivity contribution in [2.75, 3.05) is 0 Å². The van der Waals surface area contributed by atoms with Gasteiger partial charge in [-0.1, -0.05) is 77.5 Å². The zero-order valence-electron chi connectivity index (χ0n) is 18.8. The van der Waals surface area contributed by atoms with E-state index in [4.69, 9.17) is 31.0 Å². The van der Waals surface area contributed by atoms with Crippen molar-refractivity contribution < 1.29 is 33.0 Å². The van der Waals surface area contributed by atoms with Crippen LogP contribution in [0.3, 0.4) is 0 Å². The second-order valence-corrected chi connectivity index (χ2v) is 8.47. The lowest BCUT2D eigenvalue weighted by molar-refractivity contribution is -0.168. The molecule has 0 aromatic heterocycles. The highest BCUT2D eigenvalue weighted by atomic mass is 31.1. The lowest BCUT2D eigenvalue weighted by Gasteiger charge is -2.24. The number of nitrogens with two attached hydrogens (primary N) is 3. The van der Waals surface area contributed by atoms with E-state index in [1.165, 1.54) is 12.1 Å². The molecule has 0 fully saturated rings. The first-order chi connectivity index (χ1) is 16.0. The minimum absolute atomic E-state index is 0.0767. The van der Waals surface area contributed by atoms with Crippen LogP contribution in [0.1, 0.15) is 36.6 Å². The summed E-state index contributed by atoms with van der Waals surface area (Å²) >= 11 is 0. The molecule has 2 aromatic rings. The van der Waals surface area contributed by atoms with Crippen LogP contribution < -0.4 is 17.2 Å². The maximum absolute atomic E-state index is 12.7. The van der Waals surface area contributed by atoms with Gasteiger partial charge in [-0.2, -0.15) is 0 Å². The molecule has 12 heteroatoms. The second kappa shape index (κ2) is 12.2. The molecule has 0 heterocycles. The minimum Gasteiger partial charge on any atom is -0.479 e. The van der Waals surface area contributed by atoms with Crippen molar-refractivity contribution in [3.05, 3.63) is 71.3 Å². The molecule has 11 nitrogen and oxygen atoms in total. The van der Waals surface area contributed by atoms with E-state index >= 15 is 0 Å². The zero-order chi connectivity index (χ0) is 25.3. The number of hydrogen-bond donors (Lipinski definition) is 4. The monoisotopic (exact) mass is 491 g/mol. The molecule has 0 saturated carbocycles. The second-order valence-electron chi connectivity index (χ2n) is 7.63. The van der Waals surface area contributed by atoms with Gasteiger partial charge in [0.2, 0.25) is 6.10 Å². The quantitative estimate of drug-likeness (QED) is 0.113. The Labute approximate surface area is 197 Å². The van der Waals surface area contributed by atoms with E-state index in [9.17, 15) is 19.3 Å². The van der Waals surface area contributed by atoms with Crippen LogP contribution in [0.15, 0.2) is 59.6 Å². The van der Waals surface area contributed by atoms with Crippen LogP contribution in [0.4, 0.5) is 0 Å². The Morgan fingerprint density at radius 2 is 1.74 bits per heavy atom. The lowest BCUT2D eigenvalue weighted by atomic mass is 10.0. The summed E-state index contributed by atoms with van der Waals surface area (Å²) < 4.78 is 28.2. The number of esters is 1. The van der Waals surface area contributed by atoms with Crippen molar-refractivity contribution in [3.63, 3.8) is 0 Å². The summed E-state index contributed by atoms with van der Waals surface area (Å²) in [5.41, 5.74) is 16.1. The molecule has 0 amide bonds. The van der Waals surface area contributed by atoms with Gasteiger partial charge in [0.05, 0.1) is 6.54 Å². The minimum atomic E-state index is -3.15. The largest absolute Gasteiger partial charge is 0.701 e. The Morgan fingerprint density at radius 3 is 2.32 bits per heavy atom. The number of carbonyl (C=O) groups excluding carboxylic acids is 1. The number of rotatable bonds is 12. The predicted octanol–water partition coefficient (Wildman–Crippen LogP) is 2.33. The number of nitrogens with zero attached hydrogens (tertiary/aromatic N) is 1. The van der Waals surface area contributed by atoms with E-state index < -0.39 is 37.9 Å². The Morgan fingerprint density at radius 1 is 1.09 bits per heavy atom. The van der Waals surface area contributed by atoms with Gasteiger partial charge in [-0.25, -0.2) is 14.6 Å². The van der Waals surface area contributed by atoms with E-state index in [1.807, 2.05) is 6.07 Å². The van der Waals surface area contributed by atoms with Gasteiger partial charge in [-0.05, 0) is 16.7 Å². The summed E-state index contributed by atoms with van der Waals surface area (Å²) in [4.78, 5) is 28.3. The topological polar surface area (TPSA) is 190 Å². The van der Waals surface area contributed by atoms with Gasteiger partial charge in [0.25, 0.3) is 5.72 Å². The highest BCUT2D eigenvalue weighted by Gasteiger charge is 2.51. The third-order valence-electron chi connectivity index (χ3n) is 4.73. The Bertz CT molecular complexity index is 1040. The highest BCUT2D eigenvalue weighted by Crippen LogP contribution is 2.39. The van der Waals surface area contributed by atoms with E-state index in [0.29, 0.717) is 11.1 Å². The summed E-state index contributed by atoms with van der Waals surface area (Å²) in [5, 5.41) is 9.61. The fourth-order valence-electron chi connectivity index (χ4n) is 2.73. The van der Waals surface area contributed by atoms with Crippen molar-refractivity contribution >= 4 is 26.2 Å². The van der Waals surface area contributed by atoms with E-state index in [1.54, 1.807) is 50.2 Å². The molecule has 0 aliphatic heterocycles. The number of aliphatic imine (C=N–C) groups is 1. The number of benzene rings is 2. The van der Waals surface area contributed by atoms with Gasteiger partial charge in [-0.15, -0.1) is 0 Å². The molecule has 7 N–H and O–H groups in total. The molecule has 0 spiro atoms. The Kier molecular flexibility index (Phi) is 9.64. The van der Waals surface area contributed by atoms with Crippen molar-refractivity contribution in [1.82, 2.24) is 0 Å². The molecule has 2 rings (SSSR count). The number of guanidine groups is 1. The maximum Gasteiger partial charge on any atom is 0.701 e. The Balaban J connectivity index is 2.13. The summed E-state index contributed by atoms with van der Waals surface area (Å²) in [6.07, 6.45) is -1.67. The van der Waals surface area contributed by atoms with Gasteiger partial charge in [-0.3, -0.25) is 5.73 Å². The van der Waals surface area contributed by atoms with Gasteiger partial charge < -0.3 is 21.3 Å². The first-order valence-electron chi connectivity index (χ1n) is 10.2. The standard InChI is InChI=1S/C22H27N4O7P/c1-14(2)22(25,20(29)31-13-15-7-4-3-5-8-15)33-34(30)32-18(19(27)28)17-10-6-9-16(11-17)12-26-21(23)24/h3-11,14,18H,12-13,25H2,1-2H3,(H4-,23,24,26,27,28)/p+1. The lowest BCUT2D eigenvalue weighted by Crippen LogP contribution is -2.54. The summed E-state index contributed by atoms with van der Waals surface area (Å²) in [7, 11) is -3.15. The molecule has 182 valence electrons. The first kappa shape index (κ1) is 26.9. The van der Waals surface area contributed by atoms with Gasteiger partial charge in [0, 0.05) is 10.5 Å². The normalized spacial score (nSPS) is 14.1. The number of aliphatic carboxylic acids is 1. The van der Waals surface area contributed by atoms with E-state index in [0.717, 1.165) is 0 Å². The van der Waals surface area contributed by atoms with Crippen LogP contribution >= 0.6 is 8.25 Å².